The fraction of sp³-hybridized carbons (Fsp3) is 0.385. The maximum Gasteiger partial charge on any atom is 0.320 e. The van der Waals surface area contributed by atoms with Gasteiger partial charge in [-0.1, -0.05) is 0 Å². The molecule has 6 heterocycles. The summed E-state index contributed by atoms with van der Waals surface area (Å²) in [6, 6.07) is 1.72. The highest BCUT2D eigenvalue weighted by molar-refractivity contribution is 7.23. The van der Waals surface area contributed by atoms with Crippen LogP contribution < -0.4 is 10.5 Å². The summed E-state index contributed by atoms with van der Waals surface area (Å²) in [7, 11) is 0. The Bertz CT molecular complexity index is 1740. The molecular formula is C26H21F3N6O3S. The molecule has 9 nitrogen and oxygen atoms in total. The molecule has 0 bridgehead atoms. The van der Waals surface area contributed by atoms with Crippen molar-refractivity contribution in [3.8, 4) is 29.2 Å². The van der Waals surface area contributed by atoms with Crippen LogP contribution in [-0.4, -0.2) is 56.4 Å². The molecule has 39 heavy (non-hydrogen) atoms. The van der Waals surface area contributed by atoms with Crippen molar-refractivity contribution in [2.75, 3.05) is 25.4 Å². The van der Waals surface area contributed by atoms with Crippen molar-refractivity contribution >= 4 is 37.3 Å². The number of hydrogen-bond donors (Lipinski definition) is 2. The molecule has 13 heteroatoms. The molecule has 2 saturated heterocycles. The molecular weight excluding hydrogens is 533 g/mol. The van der Waals surface area contributed by atoms with Gasteiger partial charge in [-0.2, -0.15) is 15.2 Å². The van der Waals surface area contributed by atoms with E-state index in [-0.39, 0.29) is 68.6 Å². The number of fused-ring (bicyclic) bond motifs is 5. The van der Waals surface area contributed by atoms with E-state index < -0.39 is 29.2 Å². The monoisotopic (exact) mass is 554 g/mol. The van der Waals surface area contributed by atoms with Gasteiger partial charge in [0.25, 0.3) is 0 Å². The summed E-state index contributed by atoms with van der Waals surface area (Å²) in [5.41, 5.74) is 6.12. The Labute approximate surface area is 223 Å². The Morgan fingerprint density at radius 2 is 2.10 bits per heavy atom. The Hall–Kier alpha value is -3.73. The Morgan fingerprint density at radius 3 is 2.92 bits per heavy atom. The molecule has 7 rings (SSSR count). The molecule has 0 unspecified atom stereocenters. The van der Waals surface area contributed by atoms with Crippen LogP contribution in [0.5, 0.6) is 11.9 Å². The van der Waals surface area contributed by atoms with Crippen LogP contribution in [0.25, 0.3) is 32.2 Å². The summed E-state index contributed by atoms with van der Waals surface area (Å²) in [6.07, 6.45) is 2.01. The smallest absolute Gasteiger partial charge is 0.320 e. The first-order chi connectivity index (χ1) is 18.8. The minimum Gasteiger partial charge on any atom is -0.493 e. The zero-order valence-corrected chi connectivity index (χ0v) is 21.2. The lowest BCUT2D eigenvalue weighted by Crippen LogP contribution is -2.43. The van der Waals surface area contributed by atoms with Crippen molar-refractivity contribution in [2.45, 2.75) is 44.2 Å². The van der Waals surface area contributed by atoms with Crippen molar-refractivity contribution in [2.24, 2.45) is 0 Å². The number of halogens is 3. The van der Waals surface area contributed by atoms with Crippen molar-refractivity contribution in [3.05, 3.63) is 34.5 Å². The quantitative estimate of drug-likeness (QED) is 0.379. The summed E-state index contributed by atoms with van der Waals surface area (Å²) in [5.74, 6) is -2.01. The summed E-state index contributed by atoms with van der Waals surface area (Å²) in [6.45, 7) is 1.26. The average molecular weight is 555 g/mol. The lowest BCUT2D eigenvalue weighted by atomic mass is 9.93. The Morgan fingerprint density at radius 1 is 1.28 bits per heavy atom. The van der Waals surface area contributed by atoms with Gasteiger partial charge in [-0.25, -0.2) is 13.2 Å². The second kappa shape index (κ2) is 8.64. The second-order valence-electron chi connectivity index (χ2n) is 10.2. The predicted octanol–water partition coefficient (Wildman–Crippen LogP) is 4.33. The van der Waals surface area contributed by atoms with Gasteiger partial charge in [0.15, 0.2) is 11.6 Å². The van der Waals surface area contributed by atoms with E-state index >= 15 is 4.39 Å². The number of rotatable bonds is 4. The number of pyridine rings is 1. The number of benzene rings is 1. The first-order valence-electron chi connectivity index (χ1n) is 12.4. The normalized spacial score (nSPS) is 22.5. The molecule has 2 atom stereocenters. The third-order valence-corrected chi connectivity index (χ3v) is 9.06. The number of nitrogen functional groups attached to an aromatic ring is 1. The van der Waals surface area contributed by atoms with Crippen molar-refractivity contribution in [1.29, 1.82) is 5.26 Å². The van der Waals surface area contributed by atoms with Crippen LogP contribution in [0.2, 0.25) is 0 Å². The number of ether oxygens (including phenoxy) is 2. The molecule has 3 aliphatic heterocycles. The summed E-state index contributed by atoms with van der Waals surface area (Å²) in [5, 5.41) is 20.9. The highest BCUT2D eigenvalue weighted by atomic mass is 32.1. The highest BCUT2D eigenvalue weighted by Crippen LogP contribution is 2.46. The topological polar surface area (TPSA) is 130 Å². The van der Waals surface area contributed by atoms with Crippen LogP contribution >= 0.6 is 11.3 Å². The molecule has 3 N–H and O–H groups in total. The molecule has 4 aromatic rings. The van der Waals surface area contributed by atoms with Gasteiger partial charge in [0.1, 0.15) is 29.4 Å². The molecule has 3 aromatic heterocycles. The molecule has 0 radical (unpaired) electrons. The van der Waals surface area contributed by atoms with Crippen LogP contribution in [0.1, 0.15) is 36.0 Å². The predicted molar refractivity (Wildman–Crippen MR) is 136 cm³/mol. The van der Waals surface area contributed by atoms with Crippen molar-refractivity contribution < 1.29 is 27.8 Å². The highest BCUT2D eigenvalue weighted by Gasteiger charge is 2.49. The molecule has 200 valence electrons. The number of nitrogens with zero attached hydrogens (tertiary/aromatic N) is 5. The lowest BCUT2D eigenvalue weighted by Gasteiger charge is -2.30. The van der Waals surface area contributed by atoms with E-state index in [0.717, 1.165) is 36.9 Å². The van der Waals surface area contributed by atoms with Gasteiger partial charge < -0.3 is 20.3 Å². The maximum absolute atomic E-state index is 16.4. The maximum atomic E-state index is 16.4. The number of nitriles is 1. The van der Waals surface area contributed by atoms with Gasteiger partial charge in [0.2, 0.25) is 5.88 Å². The largest absolute Gasteiger partial charge is 0.493 e. The fourth-order valence-electron chi connectivity index (χ4n) is 6.34. The Balaban J connectivity index is 1.40. The van der Waals surface area contributed by atoms with Gasteiger partial charge in [0, 0.05) is 23.9 Å². The van der Waals surface area contributed by atoms with E-state index in [1.54, 1.807) is 0 Å². The number of anilines is 1. The first-order valence-corrected chi connectivity index (χ1v) is 13.2. The van der Waals surface area contributed by atoms with Gasteiger partial charge in [-0.05, 0) is 30.5 Å². The molecule has 2 fully saturated rings. The van der Waals surface area contributed by atoms with E-state index in [2.05, 4.69) is 19.9 Å². The number of hydrogen-bond acceptors (Lipinski definition) is 10. The summed E-state index contributed by atoms with van der Waals surface area (Å²) >= 11 is 0.882. The summed E-state index contributed by atoms with van der Waals surface area (Å²) in [4.78, 5) is 14.6. The van der Waals surface area contributed by atoms with E-state index in [4.69, 9.17) is 15.2 Å². The molecule has 3 aliphatic rings. The minimum absolute atomic E-state index is 0.0000260. The summed E-state index contributed by atoms with van der Waals surface area (Å²) < 4.78 is 56.8. The van der Waals surface area contributed by atoms with Crippen LogP contribution in [0, 0.1) is 23.0 Å². The second-order valence-corrected chi connectivity index (χ2v) is 11.2. The first kappa shape index (κ1) is 24.3. The molecule has 0 amide bonds. The minimum atomic E-state index is -0.952. The third-order valence-electron chi connectivity index (χ3n) is 8.03. The fourth-order valence-corrected chi connectivity index (χ4v) is 7.26. The van der Waals surface area contributed by atoms with Gasteiger partial charge in [-0.15, -0.1) is 11.3 Å². The van der Waals surface area contributed by atoms with Gasteiger partial charge >= 0.3 is 6.01 Å². The van der Waals surface area contributed by atoms with E-state index in [1.165, 1.54) is 0 Å². The zero-order valence-electron chi connectivity index (χ0n) is 20.4. The van der Waals surface area contributed by atoms with Gasteiger partial charge in [-0.3, -0.25) is 9.88 Å². The standard InChI is InChI=1S/C26H21F3N6O3S/c27-11-4-26(2-1-3-35(26)7-11)10-38-25-33-21-18(24(36)34-25)14-9-37-8-13(14)16(19(21)29)20-17-12(5-30)23(31)39-22(17)15(28)6-32-20/h6,11H,1-4,7-10,31H2,(H,33,34,36)/t11-,26+/m1/s1. The van der Waals surface area contributed by atoms with Crippen LogP contribution in [-0.2, 0) is 18.0 Å². The molecule has 0 aliphatic carbocycles. The van der Waals surface area contributed by atoms with Crippen LogP contribution in [0.3, 0.4) is 0 Å². The van der Waals surface area contributed by atoms with Crippen molar-refractivity contribution in [1.82, 2.24) is 19.9 Å². The van der Waals surface area contributed by atoms with E-state index in [9.17, 15) is 19.1 Å². The van der Waals surface area contributed by atoms with Gasteiger partial charge in [0.05, 0.1) is 46.3 Å². The zero-order chi connectivity index (χ0) is 27.1. The van der Waals surface area contributed by atoms with E-state index in [0.29, 0.717) is 24.1 Å². The molecule has 0 spiro atoms. The molecule has 0 saturated carbocycles. The third kappa shape index (κ3) is 3.48. The van der Waals surface area contributed by atoms with E-state index in [1.807, 2.05) is 6.07 Å². The number of alkyl halides is 1. The number of aromatic nitrogens is 3. The average Bonchev–Trinajstić information content (AvgIpc) is 3.66. The number of thiophene rings is 1. The number of nitrogens with two attached hydrogens (primary N) is 1. The Kier molecular flexibility index (Phi) is 5.39. The van der Waals surface area contributed by atoms with Crippen molar-refractivity contribution in [3.63, 3.8) is 0 Å². The van der Waals surface area contributed by atoms with Crippen LogP contribution in [0.15, 0.2) is 6.20 Å². The lowest BCUT2D eigenvalue weighted by molar-refractivity contribution is 0.107. The molecule has 1 aromatic carbocycles. The number of aromatic hydroxyl groups is 1. The van der Waals surface area contributed by atoms with Crippen LogP contribution in [0.4, 0.5) is 18.2 Å². The SMILES string of the molecule is N#Cc1c(N)sc2c(F)cnc(-c3c4c(c5c(O)nc(OC[C@@]67CCCN6C[C@H](F)C7)nc5c3F)COC4)c12.